The summed E-state index contributed by atoms with van der Waals surface area (Å²) in [4.78, 5) is 0. The molecule has 2 aliphatic rings. The summed E-state index contributed by atoms with van der Waals surface area (Å²) in [5.41, 5.74) is 0.455. The van der Waals surface area contributed by atoms with Crippen LogP contribution in [0.4, 0.5) is 0 Å². The molecule has 0 amide bonds. The Morgan fingerprint density at radius 2 is 1.92 bits per heavy atom. The van der Waals surface area contributed by atoms with Gasteiger partial charge in [0.1, 0.15) is 0 Å². The molecule has 0 atom stereocenters. The molecule has 2 rings (SSSR count). The standard InChI is InChI=1S/C11H20ClN/c12-8-11(5-1-2-6-11)9-13-7-10-3-4-10/h10,13H,1-9H2. The fourth-order valence-corrected chi connectivity index (χ4v) is 2.71. The Kier molecular flexibility index (Phi) is 3.15. The normalized spacial score (nSPS) is 26.5. The van der Waals surface area contributed by atoms with E-state index in [1.54, 1.807) is 0 Å². The van der Waals surface area contributed by atoms with Gasteiger partial charge in [-0.25, -0.2) is 0 Å². The molecule has 1 nitrogen and oxygen atoms in total. The van der Waals surface area contributed by atoms with Crippen LogP contribution in [-0.2, 0) is 0 Å². The number of rotatable bonds is 5. The molecule has 0 aromatic carbocycles. The van der Waals surface area contributed by atoms with Crippen molar-refractivity contribution in [2.45, 2.75) is 38.5 Å². The van der Waals surface area contributed by atoms with Crippen LogP contribution in [0.25, 0.3) is 0 Å². The highest BCUT2D eigenvalue weighted by molar-refractivity contribution is 6.18. The molecule has 13 heavy (non-hydrogen) atoms. The van der Waals surface area contributed by atoms with Crippen molar-refractivity contribution in [3.63, 3.8) is 0 Å². The molecule has 76 valence electrons. The number of alkyl halides is 1. The van der Waals surface area contributed by atoms with Crippen molar-refractivity contribution in [2.75, 3.05) is 19.0 Å². The zero-order valence-electron chi connectivity index (χ0n) is 8.32. The lowest BCUT2D eigenvalue weighted by Crippen LogP contribution is -2.34. The second-order valence-corrected chi connectivity index (χ2v) is 5.18. The van der Waals surface area contributed by atoms with Gasteiger partial charge in [-0.1, -0.05) is 12.8 Å². The quantitative estimate of drug-likeness (QED) is 0.675. The van der Waals surface area contributed by atoms with Crippen LogP contribution in [0.3, 0.4) is 0 Å². The Hall–Kier alpha value is 0.250. The molecule has 2 heteroatoms. The SMILES string of the molecule is ClCC1(CNCC2CC2)CCCC1. The third-order valence-corrected chi connectivity index (χ3v) is 4.14. The Balaban J connectivity index is 1.69. The van der Waals surface area contributed by atoms with E-state index in [1.807, 2.05) is 0 Å². The summed E-state index contributed by atoms with van der Waals surface area (Å²) in [5, 5.41) is 3.60. The maximum atomic E-state index is 6.06. The lowest BCUT2D eigenvalue weighted by Gasteiger charge is -2.26. The lowest BCUT2D eigenvalue weighted by molar-refractivity contribution is 0.319. The maximum Gasteiger partial charge on any atom is 0.0292 e. The Morgan fingerprint density at radius 3 is 2.46 bits per heavy atom. The highest BCUT2D eigenvalue weighted by atomic mass is 35.5. The van der Waals surface area contributed by atoms with E-state index in [2.05, 4.69) is 5.32 Å². The summed E-state index contributed by atoms with van der Waals surface area (Å²) in [6.07, 6.45) is 8.35. The minimum atomic E-state index is 0.455. The topological polar surface area (TPSA) is 12.0 Å². The largest absolute Gasteiger partial charge is 0.316 e. The predicted octanol–water partition coefficient (Wildman–Crippen LogP) is 2.79. The van der Waals surface area contributed by atoms with E-state index in [0.717, 1.165) is 18.3 Å². The van der Waals surface area contributed by atoms with Crippen molar-refractivity contribution in [3.8, 4) is 0 Å². The van der Waals surface area contributed by atoms with Crippen molar-refractivity contribution in [3.05, 3.63) is 0 Å². The Morgan fingerprint density at radius 1 is 1.23 bits per heavy atom. The van der Waals surface area contributed by atoms with Gasteiger partial charge >= 0.3 is 0 Å². The lowest BCUT2D eigenvalue weighted by atomic mass is 9.88. The first-order chi connectivity index (χ1) is 6.35. The predicted molar refractivity (Wildman–Crippen MR) is 57.2 cm³/mol. The first-order valence-electron chi connectivity index (χ1n) is 5.61. The summed E-state index contributed by atoms with van der Waals surface area (Å²) >= 11 is 6.06. The Bertz CT molecular complexity index is 159. The fourth-order valence-electron chi connectivity index (χ4n) is 2.35. The molecule has 0 unspecified atom stereocenters. The maximum absolute atomic E-state index is 6.06. The average Bonchev–Trinajstić information content (AvgIpc) is 2.84. The summed E-state index contributed by atoms with van der Waals surface area (Å²) < 4.78 is 0. The smallest absolute Gasteiger partial charge is 0.0292 e. The van der Waals surface area contributed by atoms with Gasteiger partial charge in [0.25, 0.3) is 0 Å². The zero-order chi connectivity index (χ0) is 9.15. The van der Waals surface area contributed by atoms with Crippen LogP contribution in [0.5, 0.6) is 0 Å². The molecular formula is C11H20ClN. The number of hydrogen-bond donors (Lipinski definition) is 1. The monoisotopic (exact) mass is 201 g/mol. The van der Waals surface area contributed by atoms with Crippen LogP contribution < -0.4 is 5.32 Å². The van der Waals surface area contributed by atoms with Crippen LogP contribution in [0.1, 0.15) is 38.5 Å². The molecule has 2 fully saturated rings. The minimum Gasteiger partial charge on any atom is -0.316 e. The van der Waals surface area contributed by atoms with Gasteiger partial charge in [0.05, 0.1) is 0 Å². The number of nitrogens with one attached hydrogen (secondary N) is 1. The van der Waals surface area contributed by atoms with Crippen LogP contribution in [0.15, 0.2) is 0 Å². The zero-order valence-corrected chi connectivity index (χ0v) is 9.08. The van der Waals surface area contributed by atoms with Gasteiger partial charge < -0.3 is 5.32 Å². The molecule has 0 saturated heterocycles. The van der Waals surface area contributed by atoms with Crippen molar-refractivity contribution < 1.29 is 0 Å². The molecule has 0 bridgehead atoms. The van der Waals surface area contributed by atoms with E-state index in [1.165, 1.54) is 45.1 Å². The molecule has 0 aromatic rings. The van der Waals surface area contributed by atoms with Gasteiger partial charge in [0.15, 0.2) is 0 Å². The molecule has 0 spiro atoms. The Labute approximate surface area is 86.2 Å². The molecule has 0 aromatic heterocycles. The summed E-state index contributed by atoms with van der Waals surface area (Å²) in [5.74, 6) is 1.85. The highest BCUT2D eigenvalue weighted by Gasteiger charge is 2.33. The van der Waals surface area contributed by atoms with Crippen LogP contribution in [0, 0.1) is 11.3 Å². The van der Waals surface area contributed by atoms with E-state index < -0.39 is 0 Å². The first-order valence-corrected chi connectivity index (χ1v) is 6.15. The van der Waals surface area contributed by atoms with E-state index in [4.69, 9.17) is 11.6 Å². The number of hydrogen-bond acceptors (Lipinski definition) is 1. The molecule has 0 aliphatic heterocycles. The van der Waals surface area contributed by atoms with Crippen molar-refractivity contribution in [1.82, 2.24) is 5.32 Å². The van der Waals surface area contributed by atoms with Crippen molar-refractivity contribution >= 4 is 11.6 Å². The molecule has 2 saturated carbocycles. The van der Waals surface area contributed by atoms with Gasteiger partial charge in [-0.3, -0.25) is 0 Å². The van der Waals surface area contributed by atoms with Crippen LogP contribution in [-0.4, -0.2) is 19.0 Å². The van der Waals surface area contributed by atoms with Gasteiger partial charge in [0.2, 0.25) is 0 Å². The average molecular weight is 202 g/mol. The van der Waals surface area contributed by atoms with Crippen molar-refractivity contribution in [2.24, 2.45) is 11.3 Å². The molecule has 2 aliphatic carbocycles. The fraction of sp³-hybridized carbons (Fsp3) is 1.00. The third kappa shape index (κ3) is 2.60. The molecule has 0 radical (unpaired) electrons. The van der Waals surface area contributed by atoms with Crippen LogP contribution >= 0.6 is 11.6 Å². The third-order valence-electron chi connectivity index (χ3n) is 3.58. The first kappa shape index (κ1) is 9.79. The van der Waals surface area contributed by atoms with Crippen LogP contribution in [0.2, 0.25) is 0 Å². The van der Waals surface area contributed by atoms with Crippen molar-refractivity contribution in [1.29, 1.82) is 0 Å². The molecular weight excluding hydrogens is 182 g/mol. The summed E-state index contributed by atoms with van der Waals surface area (Å²) in [6, 6.07) is 0. The second-order valence-electron chi connectivity index (χ2n) is 4.92. The van der Waals surface area contributed by atoms with E-state index in [0.29, 0.717) is 5.41 Å². The summed E-state index contributed by atoms with van der Waals surface area (Å²) in [6.45, 7) is 2.39. The van der Waals surface area contributed by atoms with Gasteiger partial charge in [-0.15, -0.1) is 11.6 Å². The van der Waals surface area contributed by atoms with Gasteiger partial charge in [0, 0.05) is 12.4 Å². The number of halogens is 1. The van der Waals surface area contributed by atoms with E-state index >= 15 is 0 Å². The van der Waals surface area contributed by atoms with E-state index in [-0.39, 0.29) is 0 Å². The van der Waals surface area contributed by atoms with Gasteiger partial charge in [-0.2, -0.15) is 0 Å². The second kappa shape index (κ2) is 4.18. The summed E-state index contributed by atoms with van der Waals surface area (Å²) in [7, 11) is 0. The minimum absolute atomic E-state index is 0.455. The molecule has 0 heterocycles. The highest BCUT2D eigenvalue weighted by Crippen LogP contribution is 2.38. The van der Waals surface area contributed by atoms with Gasteiger partial charge in [-0.05, 0) is 43.6 Å². The molecule has 1 N–H and O–H groups in total. The van der Waals surface area contributed by atoms with E-state index in [9.17, 15) is 0 Å².